The van der Waals surface area contributed by atoms with Crippen molar-refractivity contribution in [3.63, 3.8) is 0 Å². The van der Waals surface area contributed by atoms with E-state index in [2.05, 4.69) is 28.3 Å². The summed E-state index contributed by atoms with van der Waals surface area (Å²) in [6, 6.07) is 13.8. The van der Waals surface area contributed by atoms with E-state index < -0.39 is 0 Å². The zero-order valence-corrected chi connectivity index (χ0v) is 14.1. The molecule has 24 heavy (non-hydrogen) atoms. The fourth-order valence-corrected chi connectivity index (χ4v) is 2.53. The number of nitrogens with zero attached hydrogens (tertiary/aromatic N) is 2. The van der Waals surface area contributed by atoms with Crippen molar-refractivity contribution in [2.45, 2.75) is 20.0 Å². The summed E-state index contributed by atoms with van der Waals surface area (Å²) in [7, 11) is 1.64. The highest BCUT2D eigenvalue weighted by atomic mass is 16.5. The molecule has 0 aliphatic heterocycles. The molecule has 0 fully saturated rings. The lowest BCUT2D eigenvalue weighted by molar-refractivity contribution is 0.223. The van der Waals surface area contributed by atoms with Crippen molar-refractivity contribution in [3.05, 3.63) is 54.4 Å². The highest BCUT2D eigenvalue weighted by Crippen LogP contribution is 2.27. The van der Waals surface area contributed by atoms with Crippen molar-refractivity contribution in [1.82, 2.24) is 9.97 Å². The zero-order valence-electron chi connectivity index (χ0n) is 14.1. The number of hydrogen-bond donors (Lipinski definition) is 1. The first-order chi connectivity index (χ1) is 11.7. The third kappa shape index (κ3) is 3.56. The van der Waals surface area contributed by atoms with E-state index in [9.17, 15) is 0 Å². The Labute approximate surface area is 141 Å². The van der Waals surface area contributed by atoms with Crippen molar-refractivity contribution in [3.8, 4) is 11.5 Å². The first-order valence-corrected chi connectivity index (χ1v) is 7.92. The van der Waals surface area contributed by atoms with E-state index in [0.717, 1.165) is 28.2 Å². The Morgan fingerprint density at radius 1 is 1.08 bits per heavy atom. The molecule has 0 saturated carbocycles. The molecule has 3 rings (SSSR count). The molecular weight excluding hydrogens is 302 g/mol. The number of aromatic nitrogens is 2. The lowest BCUT2D eigenvalue weighted by Crippen LogP contribution is -2.23. The van der Waals surface area contributed by atoms with Crippen molar-refractivity contribution in [1.29, 1.82) is 0 Å². The molecular formula is C19H21N3O2. The normalized spacial score (nSPS) is 12.0. The maximum absolute atomic E-state index is 5.96. The topological polar surface area (TPSA) is 56.3 Å². The van der Waals surface area contributed by atoms with Crippen molar-refractivity contribution in [2.75, 3.05) is 19.0 Å². The third-order valence-corrected chi connectivity index (χ3v) is 3.75. The fourth-order valence-electron chi connectivity index (χ4n) is 2.53. The van der Waals surface area contributed by atoms with Crippen LogP contribution < -0.4 is 14.8 Å². The highest BCUT2D eigenvalue weighted by Gasteiger charge is 2.10. The van der Waals surface area contributed by atoms with Crippen LogP contribution in [-0.4, -0.2) is 29.7 Å². The molecule has 0 amide bonds. The van der Waals surface area contributed by atoms with E-state index >= 15 is 0 Å². The monoisotopic (exact) mass is 323 g/mol. The molecule has 2 aromatic carbocycles. The summed E-state index contributed by atoms with van der Waals surface area (Å²) < 4.78 is 11.3. The van der Waals surface area contributed by atoms with E-state index in [1.807, 2.05) is 43.3 Å². The van der Waals surface area contributed by atoms with Crippen LogP contribution in [0.15, 0.2) is 48.8 Å². The molecule has 1 heterocycles. The number of nitrogens with one attached hydrogen (secondary N) is 1. The van der Waals surface area contributed by atoms with Gasteiger partial charge in [0.2, 0.25) is 0 Å². The highest BCUT2D eigenvalue weighted by molar-refractivity contribution is 5.89. The van der Waals surface area contributed by atoms with Gasteiger partial charge in [0.1, 0.15) is 18.2 Å². The van der Waals surface area contributed by atoms with Crippen LogP contribution >= 0.6 is 0 Å². The Morgan fingerprint density at radius 2 is 1.88 bits per heavy atom. The molecule has 1 unspecified atom stereocenters. The number of methoxy groups -OCH3 is 1. The second-order valence-electron chi connectivity index (χ2n) is 5.70. The minimum absolute atomic E-state index is 0.0453. The van der Waals surface area contributed by atoms with E-state index in [1.165, 1.54) is 5.56 Å². The van der Waals surface area contributed by atoms with Gasteiger partial charge in [-0.05, 0) is 38.1 Å². The summed E-state index contributed by atoms with van der Waals surface area (Å²) in [6.07, 6.45) is 1.53. The molecule has 3 aromatic rings. The van der Waals surface area contributed by atoms with Crippen LogP contribution in [0.5, 0.6) is 11.5 Å². The van der Waals surface area contributed by atoms with Gasteiger partial charge in [0.25, 0.3) is 0 Å². The number of ether oxygens (including phenoxy) is 2. The average molecular weight is 323 g/mol. The van der Waals surface area contributed by atoms with Gasteiger partial charge >= 0.3 is 0 Å². The summed E-state index contributed by atoms with van der Waals surface area (Å²) in [5, 5.41) is 4.37. The Hall–Kier alpha value is -2.82. The smallest absolute Gasteiger partial charge is 0.161 e. The van der Waals surface area contributed by atoms with Crippen molar-refractivity contribution >= 4 is 16.7 Å². The van der Waals surface area contributed by atoms with Gasteiger partial charge in [-0.15, -0.1) is 0 Å². The summed E-state index contributed by atoms with van der Waals surface area (Å²) >= 11 is 0. The number of fused-ring (bicyclic) bond motifs is 1. The van der Waals surface area contributed by atoms with Crippen molar-refractivity contribution in [2.24, 2.45) is 0 Å². The quantitative estimate of drug-likeness (QED) is 0.747. The maximum atomic E-state index is 5.96. The summed E-state index contributed by atoms with van der Waals surface area (Å²) in [5.74, 6) is 2.28. The lowest BCUT2D eigenvalue weighted by atomic mass is 10.1. The minimum atomic E-state index is -0.0453. The number of aryl methyl sites for hydroxylation is 1. The van der Waals surface area contributed by atoms with Crippen LogP contribution in [0, 0.1) is 6.92 Å². The number of anilines is 1. The molecule has 0 radical (unpaired) electrons. The van der Waals surface area contributed by atoms with Gasteiger partial charge in [-0.25, -0.2) is 9.97 Å². The van der Waals surface area contributed by atoms with E-state index in [1.54, 1.807) is 13.4 Å². The van der Waals surface area contributed by atoms with Gasteiger partial charge in [-0.1, -0.05) is 23.8 Å². The van der Waals surface area contributed by atoms with Gasteiger partial charge in [0, 0.05) is 5.39 Å². The summed E-state index contributed by atoms with van der Waals surface area (Å²) in [5.41, 5.74) is 2.11. The molecule has 5 nitrogen and oxygen atoms in total. The van der Waals surface area contributed by atoms with Crippen LogP contribution in [-0.2, 0) is 0 Å². The molecule has 124 valence electrons. The first-order valence-electron chi connectivity index (χ1n) is 7.92. The summed E-state index contributed by atoms with van der Waals surface area (Å²) in [4.78, 5) is 8.66. The third-order valence-electron chi connectivity index (χ3n) is 3.75. The number of hydrogen-bond acceptors (Lipinski definition) is 5. The van der Waals surface area contributed by atoms with Crippen LogP contribution in [0.4, 0.5) is 5.82 Å². The standard InChI is InChI=1S/C19H21N3O2/c1-13-8-9-16-15(10-13)19(22-12-21-16)20-11-14(2)24-18-7-5-4-6-17(18)23-3/h4-10,12,14H,11H2,1-3H3,(H,20,21,22). The van der Waals surface area contributed by atoms with E-state index in [0.29, 0.717) is 6.54 Å². The van der Waals surface area contributed by atoms with Gasteiger partial charge in [0.05, 0.1) is 19.2 Å². The minimum Gasteiger partial charge on any atom is -0.493 e. The molecule has 0 bridgehead atoms. The summed E-state index contributed by atoms with van der Waals surface area (Å²) in [6.45, 7) is 4.69. The molecule has 1 aromatic heterocycles. The number of para-hydroxylation sites is 2. The number of benzene rings is 2. The Morgan fingerprint density at radius 3 is 2.67 bits per heavy atom. The molecule has 5 heteroatoms. The first kappa shape index (κ1) is 16.1. The fraction of sp³-hybridized carbons (Fsp3) is 0.263. The lowest BCUT2D eigenvalue weighted by Gasteiger charge is -2.18. The van der Waals surface area contributed by atoms with E-state index in [-0.39, 0.29) is 6.10 Å². The SMILES string of the molecule is COc1ccccc1OC(C)CNc1ncnc2ccc(C)cc12. The van der Waals surface area contributed by atoms with Gasteiger partial charge < -0.3 is 14.8 Å². The van der Waals surface area contributed by atoms with Crippen LogP contribution in [0.25, 0.3) is 10.9 Å². The molecule has 0 aliphatic carbocycles. The van der Waals surface area contributed by atoms with E-state index in [4.69, 9.17) is 9.47 Å². The van der Waals surface area contributed by atoms with Crippen LogP contribution in [0.2, 0.25) is 0 Å². The molecule has 0 saturated heterocycles. The Kier molecular flexibility index (Phi) is 4.79. The molecule has 1 N–H and O–H groups in total. The molecule has 0 aliphatic rings. The van der Waals surface area contributed by atoms with Crippen LogP contribution in [0.1, 0.15) is 12.5 Å². The zero-order chi connectivity index (χ0) is 16.9. The molecule has 0 spiro atoms. The van der Waals surface area contributed by atoms with Crippen LogP contribution in [0.3, 0.4) is 0 Å². The Balaban J connectivity index is 1.70. The second-order valence-corrected chi connectivity index (χ2v) is 5.70. The predicted molar refractivity (Wildman–Crippen MR) is 95.8 cm³/mol. The maximum Gasteiger partial charge on any atom is 0.161 e. The molecule has 1 atom stereocenters. The predicted octanol–water partition coefficient (Wildman–Crippen LogP) is 3.83. The number of rotatable bonds is 6. The Bertz CT molecular complexity index is 836. The van der Waals surface area contributed by atoms with Gasteiger partial charge in [0.15, 0.2) is 11.5 Å². The van der Waals surface area contributed by atoms with Gasteiger partial charge in [-0.2, -0.15) is 0 Å². The largest absolute Gasteiger partial charge is 0.493 e. The van der Waals surface area contributed by atoms with Crippen molar-refractivity contribution < 1.29 is 9.47 Å². The average Bonchev–Trinajstić information content (AvgIpc) is 2.60. The second kappa shape index (κ2) is 7.17. The van der Waals surface area contributed by atoms with Gasteiger partial charge in [-0.3, -0.25) is 0 Å².